The van der Waals surface area contributed by atoms with E-state index in [4.69, 9.17) is 14.2 Å². The summed E-state index contributed by atoms with van der Waals surface area (Å²) in [7, 11) is 0. The van der Waals surface area contributed by atoms with Crippen molar-refractivity contribution in [2.75, 3.05) is 13.2 Å². The Balaban J connectivity index is 4.47. The monoisotopic (exact) mass is 987 g/mol. The molecule has 0 saturated heterocycles. The smallest absolute Gasteiger partial charge is 0.306 e. The number of unbranched alkanes of at least 4 members (excludes halogenated alkanes) is 27. The largest absolute Gasteiger partial charge is 0.462 e. The molecule has 6 nitrogen and oxygen atoms in total. The molecule has 1 atom stereocenters. The summed E-state index contributed by atoms with van der Waals surface area (Å²) in [5.74, 6) is -0.964. The molecule has 6 heteroatoms. The third-order valence-corrected chi connectivity index (χ3v) is 12.6. The van der Waals surface area contributed by atoms with E-state index in [1.807, 2.05) is 0 Å². The highest BCUT2D eigenvalue weighted by atomic mass is 16.6. The second kappa shape index (κ2) is 58.9. The van der Waals surface area contributed by atoms with Crippen LogP contribution < -0.4 is 0 Å². The molecule has 0 aliphatic heterocycles. The molecule has 0 aliphatic carbocycles. The highest BCUT2D eigenvalue weighted by molar-refractivity contribution is 5.71. The van der Waals surface area contributed by atoms with E-state index in [1.165, 1.54) is 154 Å². The number of rotatable bonds is 53. The van der Waals surface area contributed by atoms with Crippen molar-refractivity contribution in [3.8, 4) is 0 Å². The Hall–Kier alpha value is -3.67. The van der Waals surface area contributed by atoms with Gasteiger partial charge in [0.05, 0.1) is 0 Å². The summed E-state index contributed by atoms with van der Waals surface area (Å²) >= 11 is 0. The lowest BCUT2D eigenvalue weighted by Gasteiger charge is -2.18. The van der Waals surface area contributed by atoms with Crippen molar-refractivity contribution >= 4 is 17.9 Å². The van der Waals surface area contributed by atoms with Crippen molar-refractivity contribution in [3.63, 3.8) is 0 Å². The number of carbonyl (C=O) groups is 3. The van der Waals surface area contributed by atoms with Crippen LogP contribution in [0.3, 0.4) is 0 Å². The van der Waals surface area contributed by atoms with Crippen molar-refractivity contribution in [2.24, 2.45) is 0 Å². The van der Waals surface area contributed by atoms with Crippen LogP contribution >= 0.6 is 0 Å². The zero-order valence-corrected chi connectivity index (χ0v) is 46.5. The van der Waals surface area contributed by atoms with Gasteiger partial charge in [0.1, 0.15) is 13.2 Å². The first-order chi connectivity index (χ1) is 35.0. The zero-order chi connectivity index (χ0) is 51.4. The molecule has 0 bridgehead atoms. The lowest BCUT2D eigenvalue weighted by Crippen LogP contribution is -2.30. The highest BCUT2D eigenvalue weighted by Crippen LogP contribution is 2.15. The minimum absolute atomic E-state index is 0.103. The second-order valence-corrected chi connectivity index (χ2v) is 19.5. The Kier molecular flexibility index (Phi) is 55.9. The standard InChI is InChI=1S/C65H110O6/c1-4-7-10-13-16-19-22-25-28-31-32-35-37-40-43-46-49-52-55-58-64(67)70-61-62(71-65(68)59-56-53-50-47-44-41-38-34-30-27-24-21-18-15-12-9-6-3)60-69-63(66)57-54-51-48-45-42-39-36-33-29-26-23-20-17-14-11-8-5-2/h9,12,16,18-19,21-22,25-27,29-30,38,41,47,50,62H,4-8,10-11,13-15,17,20,23-24,28,31-37,39-40,42-46,48-49,51-61H2,1-3H3/b12-9-,19-16-,21-18-,25-22-,29-26-,30-27-,41-38-,50-47-. The number of hydrogen-bond donors (Lipinski definition) is 0. The van der Waals surface area contributed by atoms with Crippen molar-refractivity contribution in [3.05, 3.63) is 97.2 Å². The van der Waals surface area contributed by atoms with Gasteiger partial charge in [-0.1, -0.05) is 246 Å². The van der Waals surface area contributed by atoms with Crippen molar-refractivity contribution < 1.29 is 28.6 Å². The van der Waals surface area contributed by atoms with E-state index in [9.17, 15) is 14.4 Å². The summed E-state index contributed by atoms with van der Waals surface area (Å²) < 4.78 is 16.8. The Labute approximate surface area is 438 Å². The van der Waals surface area contributed by atoms with Gasteiger partial charge in [0, 0.05) is 19.3 Å². The van der Waals surface area contributed by atoms with Crippen LogP contribution in [0, 0.1) is 0 Å². The molecule has 0 heterocycles. The van der Waals surface area contributed by atoms with Crippen LogP contribution in [0.4, 0.5) is 0 Å². The molecule has 71 heavy (non-hydrogen) atoms. The summed E-state index contributed by atoms with van der Waals surface area (Å²) in [6.45, 7) is 6.46. The van der Waals surface area contributed by atoms with Crippen molar-refractivity contribution in [1.82, 2.24) is 0 Å². The fourth-order valence-corrected chi connectivity index (χ4v) is 8.11. The van der Waals surface area contributed by atoms with Crippen LogP contribution in [0.25, 0.3) is 0 Å². The second-order valence-electron chi connectivity index (χ2n) is 19.5. The number of ether oxygens (including phenoxy) is 3. The highest BCUT2D eigenvalue weighted by Gasteiger charge is 2.19. The zero-order valence-electron chi connectivity index (χ0n) is 46.5. The molecule has 0 aromatic rings. The number of esters is 3. The molecule has 0 radical (unpaired) electrons. The summed E-state index contributed by atoms with van der Waals surface area (Å²) in [6.07, 6.45) is 78.3. The van der Waals surface area contributed by atoms with Crippen LogP contribution in [0.2, 0.25) is 0 Å². The molecule has 0 aromatic carbocycles. The first-order valence-electron chi connectivity index (χ1n) is 29.8. The molecule has 406 valence electrons. The van der Waals surface area contributed by atoms with Gasteiger partial charge >= 0.3 is 17.9 Å². The van der Waals surface area contributed by atoms with Crippen LogP contribution in [-0.2, 0) is 28.6 Å². The maximum Gasteiger partial charge on any atom is 0.306 e. The summed E-state index contributed by atoms with van der Waals surface area (Å²) in [5, 5.41) is 0. The number of hydrogen-bond acceptors (Lipinski definition) is 6. The van der Waals surface area contributed by atoms with E-state index in [0.717, 1.165) is 77.0 Å². The normalized spacial score (nSPS) is 12.8. The van der Waals surface area contributed by atoms with Crippen LogP contribution in [-0.4, -0.2) is 37.2 Å². The maximum absolute atomic E-state index is 12.8. The maximum atomic E-state index is 12.8. The lowest BCUT2D eigenvalue weighted by atomic mass is 10.1. The minimum Gasteiger partial charge on any atom is -0.462 e. The van der Waals surface area contributed by atoms with Gasteiger partial charge in [-0.05, 0) is 109 Å². The van der Waals surface area contributed by atoms with E-state index >= 15 is 0 Å². The number of carbonyl (C=O) groups excluding carboxylic acids is 3. The Morgan fingerprint density at radius 2 is 0.606 bits per heavy atom. The third kappa shape index (κ3) is 57.1. The van der Waals surface area contributed by atoms with Gasteiger partial charge in [0.25, 0.3) is 0 Å². The minimum atomic E-state index is -0.812. The van der Waals surface area contributed by atoms with E-state index in [0.29, 0.717) is 19.3 Å². The average Bonchev–Trinajstić information content (AvgIpc) is 3.37. The molecular formula is C65H110O6. The summed E-state index contributed by atoms with van der Waals surface area (Å²) in [6, 6.07) is 0. The van der Waals surface area contributed by atoms with Gasteiger partial charge in [-0.3, -0.25) is 14.4 Å². The molecule has 0 fully saturated rings. The molecule has 1 unspecified atom stereocenters. The van der Waals surface area contributed by atoms with Crippen LogP contribution in [0.15, 0.2) is 97.2 Å². The van der Waals surface area contributed by atoms with Gasteiger partial charge in [-0.25, -0.2) is 0 Å². The fraction of sp³-hybridized carbons (Fsp3) is 0.708. The average molecular weight is 988 g/mol. The Morgan fingerprint density at radius 1 is 0.310 bits per heavy atom. The Bertz CT molecular complexity index is 1410. The summed E-state index contributed by atoms with van der Waals surface area (Å²) in [4.78, 5) is 38.2. The molecule has 0 spiro atoms. The molecular weight excluding hydrogens is 877 g/mol. The van der Waals surface area contributed by atoms with E-state index in [1.54, 1.807) is 0 Å². The van der Waals surface area contributed by atoms with Crippen molar-refractivity contribution in [1.29, 1.82) is 0 Å². The topological polar surface area (TPSA) is 78.9 Å². The molecule has 0 saturated carbocycles. The molecule has 0 N–H and O–H groups in total. The quantitative estimate of drug-likeness (QED) is 0.0199. The third-order valence-electron chi connectivity index (χ3n) is 12.6. The van der Waals surface area contributed by atoms with Crippen LogP contribution in [0.1, 0.15) is 278 Å². The summed E-state index contributed by atoms with van der Waals surface area (Å²) in [5.41, 5.74) is 0. The van der Waals surface area contributed by atoms with Crippen LogP contribution in [0.5, 0.6) is 0 Å². The first kappa shape index (κ1) is 67.3. The van der Waals surface area contributed by atoms with Gasteiger partial charge in [0.2, 0.25) is 0 Å². The number of allylic oxidation sites excluding steroid dienone is 16. The SMILES string of the molecule is CC/C=C\C/C=C\C/C=C\C/C=C\C/C=C\CCCC(=O)OC(COC(=O)CCCCCCCCC/C=C\CCCCCCCC)COC(=O)CCCCCCCCCCCC/C=C\C=C/CCCCC. The first-order valence-corrected chi connectivity index (χ1v) is 29.8. The van der Waals surface area contributed by atoms with E-state index < -0.39 is 6.10 Å². The fourth-order valence-electron chi connectivity index (χ4n) is 8.11. The van der Waals surface area contributed by atoms with E-state index in [2.05, 4.69) is 118 Å². The predicted octanol–water partition coefficient (Wildman–Crippen LogP) is 20.1. The lowest BCUT2D eigenvalue weighted by molar-refractivity contribution is -0.167. The van der Waals surface area contributed by atoms with Crippen molar-refractivity contribution in [2.45, 2.75) is 284 Å². The molecule has 0 aliphatic rings. The van der Waals surface area contributed by atoms with Gasteiger partial charge in [-0.15, -0.1) is 0 Å². The van der Waals surface area contributed by atoms with Gasteiger partial charge in [-0.2, -0.15) is 0 Å². The van der Waals surface area contributed by atoms with Gasteiger partial charge < -0.3 is 14.2 Å². The van der Waals surface area contributed by atoms with E-state index in [-0.39, 0.29) is 37.5 Å². The molecule has 0 amide bonds. The Morgan fingerprint density at radius 3 is 1.03 bits per heavy atom. The molecule has 0 rings (SSSR count). The predicted molar refractivity (Wildman–Crippen MR) is 307 cm³/mol. The van der Waals surface area contributed by atoms with Gasteiger partial charge in [0.15, 0.2) is 6.10 Å². The molecule has 0 aromatic heterocycles.